The van der Waals surface area contributed by atoms with Crippen LogP contribution < -0.4 is 20.9 Å². The molecule has 3 aromatic rings. The smallest absolute Gasteiger partial charge is 0.281 e. The van der Waals surface area contributed by atoms with Crippen LogP contribution >= 0.6 is 11.3 Å². The van der Waals surface area contributed by atoms with Gasteiger partial charge in [0.25, 0.3) is 11.8 Å². The quantitative estimate of drug-likeness (QED) is 0.505. The molecule has 3 N–H and O–H groups in total. The number of carbonyl (C=O) groups excluding carboxylic acids is 2. The standard InChI is InChI=1S/C22H24N4O3S/c1-4-15-9-11-16(12-10-15)22-24-14(2)20(30-22)21(28)26-25-19(27)13-23-17-7-5-6-8-18(17)29-3/h5-12,23H,4,13H2,1-3H3,(H,25,27)(H,26,28). The van der Waals surface area contributed by atoms with Gasteiger partial charge in [0.1, 0.15) is 15.6 Å². The highest BCUT2D eigenvalue weighted by Crippen LogP contribution is 2.28. The topological polar surface area (TPSA) is 92.4 Å². The van der Waals surface area contributed by atoms with Crippen LogP contribution in [-0.2, 0) is 11.2 Å². The van der Waals surface area contributed by atoms with Crippen LogP contribution in [0.25, 0.3) is 10.6 Å². The maximum atomic E-state index is 12.5. The molecule has 0 saturated carbocycles. The summed E-state index contributed by atoms with van der Waals surface area (Å²) in [6.45, 7) is 3.86. The Hall–Kier alpha value is -3.39. The number of para-hydroxylation sites is 2. The first-order valence-electron chi connectivity index (χ1n) is 9.54. The van der Waals surface area contributed by atoms with E-state index in [1.807, 2.05) is 24.3 Å². The maximum Gasteiger partial charge on any atom is 0.281 e. The Bertz CT molecular complexity index is 1030. The molecule has 0 bridgehead atoms. The first-order valence-corrected chi connectivity index (χ1v) is 10.4. The van der Waals surface area contributed by atoms with Crippen molar-refractivity contribution in [3.05, 3.63) is 64.7 Å². The van der Waals surface area contributed by atoms with Crippen molar-refractivity contribution in [2.45, 2.75) is 20.3 Å². The molecule has 2 aromatic carbocycles. The fraction of sp³-hybridized carbons (Fsp3) is 0.227. The maximum absolute atomic E-state index is 12.5. The molecule has 2 amide bonds. The van der Waals surface area contributed by atoms with Crippen LogP contribution in [0.1, 0.15) is 27.9 Å². The Morgan fingerprint density at radius 1 is 1.07 bits per heavy atom. The van der Waals surface area contributed by atoms with Crippen LogP contribution in [-0.4, -0.2) is 30.5 Å². The van der Waals surface area contributed by atoms with Gasteiger partial charge in [-0.2, -0.15) is 0 Å². The first kappa shape index (κ1) is 21.3. The van der Waals surface area contributed by atoms with E-state index in [0.717, 1.165) is 17.0 Å². The summed E-state index contributed by atoms with van der Waals surface area (Å²) in [5.74, 6) is -0.145. The summed E-state index contributed by atoms with van der Waals surface area (Å²) in [7, 11) is 1.56. The zero-order valence-electron chi connectivity index (χ0n) is 17.1. The minimum Gasteiger partial charge on any atom is -0.495 e. The third kappa shape index (κ3) is 5.15. The second-order valence-electron chi connectivity index (χ2n) is 6.54. The van der Waals surface area contributed by atoms with Gasteiger partial charge in [-0.05, 0) is 31.0 Å². The minimum absolute atomic E-state index is 0.0165. The SMILES string of the molecule is CCc1ccc(-c2nc(C)c(C(=O)NNC(=O)CNc3ccccc3OC)s2)cc1. The molecule has 0 atom stereocenters. The lowest BCUT2D eigenvalue weighted by atomic mass is 10.1. The molecule has 1 aromatic heterocycles. The number of thiazole rings is 1. The van der Waals surface area contributed by atoms with Gasteiger partial charge in [0.2, 0.25) is 0 Å². The Morgan fingerprint density at radius 2 is 1.80 bits per heavy atom. The number of hydrazine groups is 1. The molecule has 30 heavy (non-hydrogen) atoms. The number of nitrogens with zero attached hydrogens (tertiary/aromatic N) is 1. The molecule has 0 aliphatic heterocycles. The van der Waals surface area contributed by atoms with E-state index in [1.54, 1.807) is 26.2 Å². The van der Waals surface area contributed by atoms with Gasteiger partial charge < -0.3 is 10.1 Å². The van der Waals surface area contributed by atoms with E-state index < -0.39 is 5.91 Å². The first-order chi connectivity index (χ1) is 14.5. The average molecular weight is 425 g/mol. The summed E-state index contributed by atoms with van der Waals surface area (Å²) in [4.78, 5) is 29.5. The fourth-order valence-electron chi connectivity index (χ4n) is 2.81. The van der Waals surface area contributed by atoms with Crippen molar-refractivity contribution in [1.29, 1.82) is 0 Å². The van der Waals surface area contributed by atoms with E-state index in [-0.39, 0.29) is 12.5 Å². The van der Waals surface area contributed by atoms with E-state index >= 15 is 0 Å². The predicted molar refractivity (Wildman–Crippen MR) is 119 cm³/mol. The number of amides is 2. The molecule has 156 valence electrons. The lowest BCUT2D eigenvalue weighted by Gasteiger charge is -2.11. The van der Waals surface area contributed by atoms with Crippen molar-refractivity contribution in [2.75, 3.05) is 19.0 Å². The number of aromatic nitrogens is 1. The summed E-state index contributed by atoms with van der Waals surface area (Å²) >= 11 is 1.29. The van der Waals surface area contributed by atoms with E-state index in [1.165, 1.54) is 16.9 Å². The van der Waals surface area contributed by atoms with Gasteiger partial charge in [0.15, 0.2) is 0 Å². The molecule has 8 heteroatoms. The van der Waals surface area contributed by atoms with Gasteiger partial charge in [0.05, 0.1) is 25.0 Å². The predicted octanol–water partition coefficient (Wildman–Crippen LogP) is 3.56. The Kier molecular flexibility index (Phi) is 7.03. The Labute approximate surface area is 179 Å². The van der Waals surface area contributed by atoms with E-state index in [0.29, 0.717) is 22.0 Å². The lowest BCUT2D eigenvalue weighted by Crippen LogP contribution is -2.44. The third-order valence-electron chi connectivity index (χ3n) is 4.47. The van der Waals surface area contributed by atoms with Crippen molar-refractivity contribution in [1.82, 2.24) is 15.8 Å². The number of ether oxygens (including phenoxy) is 1. The molecule has 0 unspecified atom stereocenters. The Morgan fingerprint density at radius 3 is 2.50 bits per heavy atom. The second-order valence-corrected chi connectivity index (χ2v) is 7.54. The minimum atomic E-state index is -0.396. The molecule has 0 spiro atoms. The van der Waals surface area contributed by atoms with Gasteiger partial charge in [-0.1, -0.05) is 43.3 Å². The number of methoxy groups -OCH3 is 1. The summed E-state index contributed by atoms with van der Waals surface area (Å²) < 4.78 is 5.23. The summed E-state index contributed by atoms with van der Waals surface area (Å²) in [5.41, 5.74) is 8.38. The highest BCUT2D eigenvalue weighted by Gasteiger charge is 2.17. The van der Waals surface area contributed by atoms with Crippen molar-refractivity contribution >= 4 is 28.8 Å². The third-order valence-corrected chi connectivity index (χ3v) is 5.68. The van der Waals surface area contributed by atoms with Crippen LogP contribution in [0.4, 0.5) is 5.69 Å². The van der Waals surface area contributed by atoms with Gasteiger partial charge >= 0.3 is 0 Å². The van der Waals surface area contributed by atoms with Crippen molar-refractivity contribution in [3.63, 3.8) is 0 Å². The number of hydrogen-bond acceptors (Lipinski definition) is 6. The van der Waals surface area contributed by atoms with Crippen molar-refractivity contribution in [3.8, 4) is 16.3 Å². The zero-order chi connectivity index (χ0) is 21.5. The van der Waals surface area contributed by atoms with Crippen LogP contribution in [0.15, 0.2) is 48.5 Å². The summed E-state index contributed by atoms with van der Waals surface area (Å²) in [6, 6.07) is 15.4. The van der Waals surface area contributed by atoms with Gasteiger partial charge in [0, 0.05) is 5.56 Å². The highest BCUT2D eigenvalue weighted by atomic mass is 32.1. The van der Waals surface area contributed by atoms with Crippen molar-refractivity contribution in [2.24, 2.45) is 0 Å². The summed E-state index contributed by atoms with van der Waals surface area (Å²) in [5, 5.41) is 3.74. The zero-order valence-corrected chi connectivity index (χ0v) is 17.9. The molecule has 0 fully saturated rings. The molecular weight excluding hydrogens is 400 g/mol. The molecule has 1 heterocycles. The van der Waals surface area contributed by atoms with Gasteiger partial charge in [-0.3, -0.25) is 20.4 Å². The van der Waals surface area contributed by atoms with Gasteiger partial charge in [-0.15, -0.1) is 11.3 Å². The molecule has 0 saturated heterocycles. The molecule has 0 radical (unpaired) electrons. The number of aryl methyl sites for hydroxylation is 2. The number of benzene rings is 2. The van der Waals surface area contributed by atoms with Crippen LogP contribution in [0.2, 0.25) is 0 Å². The fourth-order valence-corrected chi connectivity index (χ4v) is 3.77. The van der Waals surface area contributed by atoms with Crippen molar-refractivity contribution < 1.29 is 14.3 Å². The lowest BCUT2D eigenvalue weighted by molar-refractivity contribution is -0.120. The molecule has 0 aliphatic rings. The van der Waals surface area contributed by atoms with E-state index in [2.05, 4.69) is 40.2 Å². The molecular formula is C22H24N4O3S. The molecule has 3 rings (SSSR count). The van der Waals surface area contributed by atoms with Crippen LogP contribution in [0.3, 0.4) is 0 Å². The number of carbonyl (C=O) groups is 2. The molecule has 0 aliphatic carbocycles. The normalized spacial score (nSPS) is 10.4. The van der Waals surface area contributed by atoms with Crippen LogP contribution in [0, 0.1) is 6.92 Å². The highest BCUT2D eigenvalue weighted by molar-refractivity contribution is 7.17. The largest absolute Gasteiger partial charge is 0.495 e. The van der Waals surface area contributed by atoms with Gasteiger partial charge in [-0.25, -0.2) is 4.98 Å². The monoisotopic (exact) mass is 424 g/mol. The van der Waals surface area contributed by atoms with E-state index in [4.69, 9.17) is 4.74 Å². The number of anilines is 1. The second kappa shape index (κ2) is 9.89. The number of hydrogen-bond donors (Lipinski definition) is 3. The number of rotatable bonds is 7. The van der Waals surface area contributed by atoms with E-state index in [9.17, 15) is 9.59 Å². The molecule has 7 nitrogen and oxygen atoms in total. The Balaban J connectivity index is 1.56. The average Bonchev–Trinajstić information content (AvgIpc) is 3.17. The summed E-state index contributed by atoms with van der Waals surface area (Å²) in [6.07, 6.45) is 0.969. The number of nitrogens with one attached hydrogen (secondary N) is 3. The van der Waals surface area contributed by atoms with Crippen LogP contribution in [0.5, 0.6) is 5.75 Å².